The Balaban J connectivity index is 1.26. The summed E-state index contributed by atoms with van der Waals surface area (Å²) in [4.78, 5) is 25.6. The number of H-pyrrole nitrogens is 1. The van der Waals surface area contributed by atoms with Crippen molar-refractivity contribution in [1.29, 1.82) is 0 Å². The first-order valence-electron chi connectivity index (χ1n) is 11.0. The number of fused-ring (bicyclic) bond motifs is 1. The third-order valence-electron chi connectivity index (χ3n) is 6.07. The molecule has 162 valence electrons. The maximum atomic E-state index is 13.4. The zero-order valence-electron chi connectivity index (χ0n) is 17.7. The van der Waals surface area contributed by atoms with Crippen molar-refractivity contribution in [3.05, 3.63) is 89.7 Å². The van der Waals surface area contributed by atoms with Crippen LogP contribution in [0.4, 0.5) is 11.4 Å². The predicted octanol–water partition coefficient (Wildman–Crippen LogP) is 5.76. The molecule has 1 aliphatic rings. The molecule has 1 N–H and O–H groups in total. The van der Waals surface area contributed by atoms with Gasteiger partial charge in [0.05, 0.1) is 17.6 Å². The van der Waals surface area contributed by atoms with Crippen LogP contribution in [-0.4, -0.2) is 40.4 Å². The molecule has 5 rings (SSSR count). The number of hydrogen-bond acceptors (Lipinski definition) is 3. The molecule has 2 heterocycles. The summed E-state index contributed by atoms with van der Waals surface area (Å²) >= 11 is 6.10. The number of benzene rings is 3. The molecule has 0 atom stereocenters. The Morgan fingerprint density at radius 3 is 2.22 bits per heavy atom. The Labute approximate surface area is 192 Å². The SMILES string of the molecule is O=C(CN1CCC(c2nc3ccc(Cl)cc3[nH]2)CC1)N(c1ccccc1)c1ccccc1. The van der Waals surface area contributed by atoms with Crippen molar-refractivity contribution in [2.45, 2.75) is 18.8 Å². The number of para-hydroxylation sites is 2. The lowest BCUT2D eigenvalue weighted by atomic mass is 9.96. The van der Waals surface area contributed by atoms with E-state index in [1.165, 1.54) is 0 Å². The Kier molecular flexibility index (Phi) is 5.93. The van der Waals surface area contributed by atoms with E-state index in [1.807, 2.05) is 83.8 Å². The van der Waals surface area contributed by atoms with Gasteiger partial charge in [-0.2, -0.15) is 0 Å². The second kappa shape index (κ2) is 9.15. The fourth-order valence-corrected chi connectivity index (χ4v) is 4.58. The van der Waals surface area contributed by atoms with Gasteiger partial charge in [0.1, 0.15) is 5.82 Å². The van der Waals surface area contributed by atoms with E-state index >= 15 is 0 Å². The van der Waals surface area contributed by atoms with Crippen molar-refractivity contribution < 1.29 is 4.79 Å². The van der Waals surface area contributed by atoms with Gasteiger partial charge in [-0.15, -0.1) is 0 Å². The molecule has 4 aromatic rings. The van der Waals surface area contributed by atoms with Crippen molar-refractivity contribution in [2.75, 3.05) is 24.5 Å². The van der Waals surface area contributed by atoms with Gasteiger partial charge in [-0.25, -0.2) is 4.98 Å². The molecular formula is C26H25ClN4O. The van der Waals surface area contributed by atoms with Crippen molar-refractivity contribution in [1.82, 2.24) is 14.9 Å². The van der Waals surface area contributed by atoms with Gasteiger partial charge in [-0.1, -0.05) is 48.0 Å². The van der Waals surface area contributed by atoms with Gasteiger partial charge in [-0.3, -0.25) is 14.6 Å². The number of amides is 1. The molecule has 32 heavy (non-hydrogen) atoms. The second-order valence-electron chi connectivity index (χ2n) is 8.23. The fourth-order valence-electron chi connectivity index (χ4n) is 4.41. The van der Waals surface area contributed by atoms with Crippen LogP contribution in [0, 0.1) is 0 Å². The molecule has 0 spiro atoms. The topological polar surface area (TPSA) is 52.2 Å². The standard InChI is InChI=1S/C26H25ClN4O/c27-20-11-12-23-24(17-20)29-26(28-23)19-13-15-30(16-14-19)18-25(32)31(21-7-3-1-4-8-21)22-9-5-2-6-10-22/h1-12,17,19H,13-16,18H2,(H,28,29). The molecule has 1 aromatic heterocycles. The van der Waals surface area contributed by atoms with E-state index in [2.05, 4.69) is 9.88 Å². The number of imidazole rings is 1. The number of aromatic amines is 1. The molecule has 0 radical (unpaired) electrons. The summed E-state index contributed by atoms with van der Waals surface area (Å²) < 4.78 is 0. The van der Waals surface area contributed by atoms with Crippen LogP contribution in [0.1, 0.15) is 24.6 Å². The first kappa shape index (κ1) is 20.7. The van der Waals surface area contributed by atoms with E-state index in [0.717, 1.165) is 54.2 Å². The molecule has 0 unspecified atom stereocenters. The number of halogens is 1. The van der Waals surface area contributed by atoms with Crippen molar-refractivity contribution in [2.24, 2.45) is 0 Å². The number of rotatable bonds is 5. The van der Waals surface area contributed by atoms with Crippen molar-refractivity contribution in [3.8, 4) is 0 Å². The second-order valence-corrected chi connectivity index (χ2v) is 8.67. The molecule has 0 saturated carbocycles. The van der Waals surface area contributed by atoms with Gasteiger partial charge < -0.3 is 4.98 Å². The molecule has 1 amide bonds. The molecule has 1 fully saturated rings. The number of carbonyl (C=O) groups excluding carboxylic acids is 1. The highest BCUT2D eigenvalue weighted by atomic mass is 35.5. The summed E-state index contributed by atoms with van der Waals surface area (Å²) in [5.74, 6) is 1.47. The number of aromatic nitrogens is 2. The third kappa shape index (κ3) is 4.40. The number of piperidine rings is 1. The van der Waals surface area contributed by atoms with Crippen LogP contribution >= 0.6 is 11.6 Å². The van der Waals surface area contributed by atoms with E-state index in [9.17, 15) is 4.79 Å². The highest BCUT2D eigenvalue weighted by molar-refractivity contribution is 6.31. The highest BCUT2D eigenvalue weighted by Gasteiger charge is 2.26. The average Bonchev–Trinajstić information content (AvgIpc) is 3.24. The molecular weight excluding hydrogens is 420 g/mol. The van der Waals surface area contributed by atoms with Gasteiger partial charge in [0.25, 0.3) is 0 Å². The van der Waals surface area contributed by atoms with Crippen LogP contribution in [-0.2, 0) is 4.79 Å². The van der Waals surface area contributed by atoms with E-state index < -0.39 is 0 Å². The molecule has 3 aromatic carbocycles. The van der Waals surface area contributed by atoms with Gasteiger partial charge in [0.2, 0.25) is 5.91 Å². The third-order valence-corrected chi connectivity index (χ3v) is 6.31. The van der Waals surface area contributed by atoms with Crippen LogP contribution in [0.3, 0.4) is 0 Å². The first-order chi connectivity index (χ1) is 15.7. The fraction of sp³-hybridized carbons (Fsp3) is 0.231. The first-order valence-corrected chi connectivity index (χ1v) is 11.4. The zero-order chi connectivity index (χ0) is 21.9. The van der Waals surface area contributed by atoms with Gasteiger partial charge in [0, 0.05) is 22.3 Å². The van der Waals surface area contributed by atoms with E-state index in [-0.39, 0.29) is 5.91 Å². The summed E-state index contributed by atoms with van der Waals surface area (Å²) in [6.07, 6.45) is 1.94. The Morgan fingerprint density at radius 2 is 1.59 bits per heavy atom. The molecule has 5 nitrogen and oxygen atoms in total. The molecule has 0 bridgehead atoms. The average molecular weight is 445 g/mol. The smallest absolute Gasteiger partial charge is 0.245 e. The number of likely N-dealkylation sites (tertiary alicyclic amines) is 1. The van der Waals surface area contributed by atoms with Crippen LogP contribution in [0.25, 0.3) is 11.0 Å². The number of anilines is 2. The minimum atomic E-state index is 0.0826. The Bertz CT molecular complexity index is 1160. The molecule has 0 aliphatic carbocycles. The summed E-state index contributed by atoms with van der Waals surface area (Å²) in [5.41, 5.74) is 3.70. The Morgan fingerprint density at radius 1 is 0.969 bits per heavy atom. The van der Waals surface area contributed by atoms with Crippen LogP contribution < -0.4 is 4.90 Å². The number of nitrogens with one attached hydrogen (secondary N) is 1. The largest absolute Gasteiger partial charge is 0.342 e. The monoisotopic (exact) mass is 444 g/mol. The maximum Gasteiger partial charge on any atom is 0.245 e. The summed E-state index contributed by atoms with van der Waals surface area (Å²) in [5, 5.41) is 0.711. The summed E-state index contributed by atoms with van der Waals surface area (Å²) in [7, 11) is 0. The number of carbonyl (C=O) groups is 1. The lowest BCUT2D eigenvalue weighted by Crippen LogP contribution is -2.41. The predicted molar refractivity (Wildman–Crippen MR) is 130 cm³/mol. The van der Waals surface area contributed by atoms with Crippen LogP contribution in [0.2, 0.25) is 5.02 Å². The molecule has 1 aliphatic heterocycles. The number of hydrogen-bond donors (Lipinski definition) is 1. The van der Waals surface area contributed by atoms with Crippen molar-refractivity contribution in [3.63, 3.8) is 0 Å². The van der Waals surface area contributed by atoms with Gasteiger partial charge in [-0.05, 0) is 68.4 Å². The lowest BCUT2D eigenvalue weighted by Gasteiger charge is -2.32. The van der Waals surface area contributed by atoms with Crippen molar-refractivity contribution >= 4 is 39.9 Å². The zero-order valence-corrected chi connectivity index (χ0v) is 18.5. The summed E-state index contributed by atoms with van der Waals surface area (Å²) in [6, 6.07) is 25.4. The van der Waals surface area contributed by atoms with Gasteiger partial charge >= 0.3 is 0 Å². The van der Waals surface area contributed by atoms with Crippen LogP contribution in [0.5, 0.6) is 0 Å². The van der Waals surface area contributed by atoms with E-state index in [0.29, 0.717) is 17.5 Å². The van der Waals surface area contributed by atoms with Crippen LogP contribution in [0.15, 0.2) is 78.9 Å². The van der Waals surface area contributed by atoms with E-state index in [1.54, 1.807) is 0 Å². The van der Waals surface area contributed by atoms with Gasteiger partial charge in [0.15, 0.2) is 0 Å². The minimum absolute atomic E-state index is 0.0826. The Hall–Kier alpha value is -3.15. The normalized spacial score (nSPS) is 15.2. The van der Waals surface area contributed by atoms with E-state index in [4.69, 9.17) is 16.6 Å². The molecule has 6 heteroatoms. The summed E-state index contributed by atoms with van der Waals surface area (Å²) in [6.45, 7) is 2.13. The minimum Gasteiger partial charge on any atom is -0.342 e. The quantitative estimate of drug-likeness (QED) is 0.425. The lowest BCUT2D eigenvalue weighted by molar-refractivity contribution is -0.119. The highest BCUT2D eigenvalue weighted by Crippen LogP contribution is 2.30. The number of nitrogens with zero attached hydrogens (tertiary/aromatic N) is 3. The molecule has 1 saturated heterocycles. The maximum absolute atomic E-state index is 13.4.